The van der Waals surface area contributed by atoms with Crippen molar-refractivity contribution in [3.63, 3.8) is 0 Å². The first-order chi connectivity index (χ1) is 7.31. The van der Waals surface area contributed by atoms with Crippen LogP contribution in [0.15, 0.2) is 36.5 Å². The Kier molecular flexibility index (Phi) is 4.52. The number of benzene rings is 1. The van der Waals surface area contributed by atoms with E-state index in [1.54, 1.807) is 0 Å². The summed E-state index contributed by atoms with van der Waals surface area (Å²) in [4.78, 5) is 0. The maximum absolute atomic E-state index is 5.54. The third kappa shape index (κ3) is 2.62. The van der Waals surface area contributed by atoms with Gasteiger partial charge in [-0.05, 0) is 30.7 Å². The van der Waals surface area contributed by atoms with Gasteiger partial charge in [-0.2, -0.15) is 5.10 Å². The van der Waals surface area contributed by atoms with Gasteiger partial charge in [0.05, 0.1) is 5.69 Å². The molecule has 0 saturated carbocycles. The van der Waals surface area contributed by atoms with Gasteiger partial charge in [-0.25, -0.2) is 0 Å². The van der Waals surface area contributed by atoms with Gasteiger partial charge in [0.15, 0.2) is 0 Å². The van der Waals surface area contributed by atoms with Crippen LogP contribution in [0.1, 0.15) is 5.56 Å². The maximum atomic E-state index is 5.54. The van der Waals surface area contributed by atoms with Gasteiger partial charge in [-0.1, -0.05) is 18.2 Å². The molecule has 1 aromatic heterocycles. The number of hydrogen-bond donors (Lipinski definition) is 1. The number of hydrogen-bond acceptors (Lipinski definition) is 2. The highest BCUT2D eigenvalue weighted by atomic mass is 35.5. The summed E-state index contributed by atoms with van der Waals surface area (Å²) in [6, 6.07) is 10.4. The second-order valence-corrected chi connectivity index (χ2v) is 3.58. The van der Waals surface area contributed by atoms with Crippen LogP contribution in [0.5, 0.6) is 0 Å². The fourth-order valence-electron chi connectivity index (χ4n) is 1.71. The number of nitrogens with zero attached hydrogens (tertiary/aromatic N) is 2. The molecule has 0 aliphatic rings. The first-order valence-electron chi connectivity index (χ1n) is 5.08. The van der Waals surface area contributed by atoms with Crippen LogP contribution in [0.4, 0.5) is 0 Å². The van der Waals surface area contributed by atoms with Crippen molar-refractivity contribution in [1.29, 1.82) is 0 Å². The Morgan fingerprint density at radius 2 is 2.12 bits per heavy atom. The van der Waals surface area contributed by atoms with Crippen molar-refractivity contribution >= 4 is 12.4 Å². The van der Waals surface area contributed by atoms with Crippen LogP contribution in [0.3, 0.4) is 0 Å². The molecule has 0 aliphatic heterocycles. The Morgan fingerprint density at radius 3 is 2.75 bits per heavy atom. The van der Waals surface area contributed by atoms with Crippen molar-refractivity contribution in [1.82, 2.24) is 9.78 Å². The minimum atomic E-state index is 0. The standard InChI is InChI=1S/C12H15N3.ClH/c1-15-12(6-8-14-15)11-4-2-3-10(9-11)5-7-13;/h2-4,6,8-9H,5,7,13H2,1H3;1H. The third-order valence-corrected chi connectivity index (χ3v) is 2.48. The van der Waals surface area contributed by atoms with Gasteiger partial charge in [0, 0.05) is 18.8 Å². The average Bonchev–Trinajstić information content (AvgIpc) is 2.65. The second kappa shape index (κ2) is 5.68. The summed E-state index contributed by atoms with van der Waals surface area (Å²) in [6.45, 7) is 0.689. The molecule has 0 atom stereocenters. The van der Waals surface area contributed by atoms with Crippen LogP contribution in [0.25, 0.3) is 11.3 Å². The molecule has 4 heteroatoms. The predicted molar refractivity (Wildman–Crippen MR) is 68.7 cm³/mol. The van der Waals surface area contributed by atoms with E-state index in [0.29, 0.717) is 6.54 Å². The Balaban J connectivity index is 0.00000128. The molecular weight excluding hydrogens is 222 g/mol. The summed E-state index contributed by atoms with van der Waals surface area (Å²) in [5.74, 6) is 0. The number of nitrogens with two attached hydrogens (primary N) is 1. The van der Waals surface area contributed by atoms with E-state index in [-0.39, 0.29) is 12.4 Å². The molecule has 0 amide bonds. The van der Waals surface area contributed by atoms with Gasteiger partial charge in [0.25, 0.3) is 0 Å². The summed E-state index contributed by atoms with van der Waals surface area (Å²) in [7, 11) is 1.95. The van der Waals surface area contributed by atoms with Crippen molar-refractivity contribution in [2.75, 3.05) is 6.54 Å². The van der Waals surface area contributed by atoms with E-state index in [0.717, 1.165) is 12.1 Å². The van der Waals surface area contributed by atoms with Crippen molar-refractivity contribution in [3.8, 4) is 11.3 Å². The van der Waals surface area contributed by atoms with Crippen LogP contribution in [0.2, 0.25) is 0 Å². The highest BCUT2D eigenvalue weighted by Gasteiger charge is 2.02. The number of aromatic nitrogens is 2. The number of rotatable bonds is 3. The zero-order valence-electron chi connectivity index (χ0n) is 9.26. The van der Waals surface area contributed by atoms with Gasteiger partial charge in [-0.15, -0.1) is 12.4 Å². The van der Waals surface area contributed by atoms with E-state index in [9.17, 15) is 0 Å². The molecule has 86 valence electrons. The lowest BCUT2D eigenvalue weighted by molar-refractivity contribution is 0.775. The van der Waals surface area contributed by atoms with Crippen LogP contribution in [-0.4, -0.2) is 16.3 Å². The molecule has 2 N–H and O–H groups in total. The molecule has 0 saturated heterocycles. The van der Waals surface area contributed by atoms with Gasteiger partial charge in [0.2, 0.25) is 0 Å². The molecule has 0 radical (unpaired) electrons. The topological polar surface area (TPSA) is 43.8 Å². The zero-order chi connectivity index (χ0) is 10.7. The molecule has 0 unspecified atom stereocenters. The SMILES string of the molecule is Cl.Cn1nccc1-c1cccc(CCN)c1. The van der Waals surface area contributed by atoms with E-state index in [1.807, 2.05) is 24.0 Å². The minimum Gasteiger partial charge on any atom is -0.330 e. The van der Waals surface area contributed by atoms with Gasteiger partial charge in [-0.3, -0.25) is 4.68 Å². The Labute approximate surface area is 102 Å². The summed E-state index contributed by atoms with van der Waals surface area (Å²) in [5.41, 5.74) is 9.14. The second-order valence-electron chi connectivity index (χ2n) is 3.58. The lowest BCUT2D eigenvalue weighted by atomic mass is 10.1. The largest absolute Gasteiger partial charge is 0.330 e. The molecule has 2 aromatic rings. The highest BCUT2D eigenvalue weighted by Crippen LogP contribution is 2.19. The number of aryl methyl sites for hydroxylation is 1. The van der Waals surface area contributed by atoms with E-state index in [1.165, 1.54) is 11.1 Å². The Hall–Kier alpha value is -1.32. The van der Waals surface area contributed by atoms with E-state index in [2.05, 4.69) is 29.4 Å². The third-order valence-electron chi connectivity index (χ3n) is 2.48. The predicted octanol–water partition coefficient (Wildman–Crippen LogP) is 2.01. The molecule has 0 fully saturated rings. The minimum absolute atomic E-state index is 0. The van der Waals surface area contributed by atoms with E-state index < -0.39 is 0 Å². The molecule has 2 rings (SSSR count). The zero-order valence-corrected chi connectivity index (χ0v) is 10.1. The Bertz CT molecular complexity index is 451. The van der Waals surface area contributed by atoms with E-state index in [4.69, 9.17) is 5.73 Å². The van der Waals surface area contributed by atoms with Crippen LogP contribution in [-0.2, 0) is 13.5 Å². The summed E-state index contributed by atoms with van der Waals surface area (Å²) in [5, 5.41) is 4.16. The van der Waals surface area contributed by atoms with Crippen molar-refractivity contribution < 1.29 is 0 Å². The van der Waals surface area contributed by atoms with Crippen LogP contribution in [0, 0.1) is 0 Å². The molecule has 0 bridgehead atoms. The first kappa shape index (κ1) is 12.7. The smallest absolute Gasteiger partial charge is 0.0678 e. The lowest BCUT2D eigenvalue weighted by Crippen LogP contribution is -2.02. The van der Waals surface area contributed by atoms with Gasteiger partial charge in [0.1, 0.15) is 0 Å². The van der Waals surface area contributed by atoms with Crippen LogP contribution < -0.4 is 5.73 Å². The molecule has 0 aliphatic carbocycles. The molecule has 1 aromatic carbocycles. The van der Waals surface area contributed by atoms with E-state index >= 15 is 0 Å². The molecule has 1 heterocycles. The fourth-order valence-corrected chi connectivity index (χ4v) is 1.71. The summed E-state index contributed by atoms with van der Waals surface area (Å²) in [6.07, 6.45) is 2.73. The quantitative estimate of drug-likeness (QED) is 0.888. The maximum Gasteiger partial charge on any atom is 0.0678 e. The lowest BCUT2D eigenvalue weighted by Gasteiger charge is -2.04. The van der Waals surface area contributed by atoms with Gasteiger partial charge < -0.3 is 5.73 Å². The fraction of sp³-hybridized carbons (Fsp3) is 0.250. The molecular formula is C12H16ClN3. The van der Waals surface area contributed by atoms with Gasteiger partial charge >= 0.3 is 0 Å². The first-order valence-corrected chi connectivity index (χ1v) is 5.08. The van der Waals surface area contributed by atoms with Crippen molar-refractivity contribution in [2.24, 2.45) is 12.8 Å². The van der Waals surface area contributed by atoms with Crippen LogP contribution >= 0.6 is 12.4 Å². The summed E-state index contributed by atoms with van der Waals surface area (Å²) >= 11 is 0. The highest BCUT2D eigenvalue weighted by molar-refractivity contribution is 5.85. The Morgan fingerprint density at radius 1 is 1.31 bits per heavy atom. The summed E-state index contributed by atoms with van der Waals surface area (Å²) < 4.78 is 1.88. The average molecular weight is 238 g/mol. The van der Waals surface area contributed by atoms with Crippen molar-refractivity contribution in [3.05, 3.63) is 42.1 Å². The molecule has 16 heavy (non-hydrogen) atoms. The van der Waals surface area contributed by atoms with Crippen molar-refractivity contribution in [2.45, 2.75) is 6.42 Å². The molecule has 3 nitrogen and oxygen atoms in total. The molecule has 0 spiro atoms. The normalized spacial score (nSPS) is 9.88. The monoisotopic (exact) mass is 237 g/mol. The number of halogens is 1.